The highest BCUT2D eigenvalue weighted by Gasteiger charge is 2.22. The Morgan fingerprint density at radius 2 is 1.85 bits per heavy atom. The van der Waals surface area contributed by atoms with E-state index in [1.54, 1.807) is 19.4 Å². The van der Waals surface area contributed by atoms with Crippen LogP contribution in [0, 0.1) is 5.92 Å². The van der Waals surface area contributed by atoms with Crippen LogP contribution in [0.5, 0.6) is 5.75 Å². The summed E-state index contributed by atoms with van der Waals surface area (Å²) in [6.07, 6.45) is 8.16. The van der Waals surface area contributed by atoms with Gasteiger partial charge < -0.3 is 14.5 Å². The predicted octanol–water partition coefficient (Wildman–Crippen LogP) is 7.36. The summed E-state index contributed by atoms with van der Waals surface area (Å²) in [6, 6.07) is 19.0. The first-order valence-corrected chi connectivity index (χ1v) is 12.1. The van der Waals surface area contributed by atoms with Gasteiger partial charge in [-0.2, -0.15) is 0 Å². The molecule has 4 aromatic rings. The largest absolute Gasteiger partial charge is 0.496 e. The van der Waals surface area contributed by atoms with E-state index < -0.39 is 0 Å². The number of benzene rings is 3. The van der Waals surface area contributed by atoms with Crippen molar-refractivity contribution < 1.29 is 13.9 Å². The molecule has 1 aliphatic rings. The third-order valence-corrected chi connectivity index (χ3v) is 7.17. The molecule has 0 radical (unpaired) electrons. The quantitative estimate of drug-likeness (QED) is 0.321. The predicted molar refractivity (Wildman–Crippen MR) is 139 cm³/mol. The molecule has 1 aromatic heterocycles. The number of ether oxygens (including phenoxy) is 1. The van der Waals surface area contributed by atoms with Crippen LogP contribution in [0.25, 0.3) is 38.4 Å². The molecule has 5 rings (SSSR count). The van der Waals surface area contributed by atoms with Crippen LogP contribution in [0.1, 0.15) is 45.1 Å². The molecule has 2 atom stereocenters. The minimum absolute atomic E-state index is 0.0413. The van der Waals surface area contributed by atoms with Gasteiger partial charge in [-0.3, -0.25) is 4.79 Å². The molecule has 0 spiro atoms. The Kier molecular flexibility index (Phi) is 6.14. The van der Waals surface area contributed by atoms with Gasteiger partial charge in [-0.05, 0) is 59.7 Å². The maximum Gasteiger partial charge on any atom is 0.244 e. The highest BCUT2D eigenvalue weighted by Crippen LogP contribution is 2.38. The first kappa shape index (κ1) is 22.3. The molecule has 1 heterocycles. The van der Waals surface area contributed by atoms with E-state index in [1.165, 1.54) is 30.0 Å². The Balaban J connectivity index is 1.50. The Morgan fingerprint density at radius 3 is 2.65 bits per heavy atom. The Labute approximate surface area is 200 Å². The molecule has 1 saturated carbocycles. The second-order valence-electron chi connectivity index (χ2n) is 9.46. The lowest BCUT2D eigenvalue weighted by atomic mass is 9.86. The van der Waals surface area contributed by atoms with E-state index in [9.17, 15) is 4.79 Å². The van der Waals surface area contributed by atoms with Gasteiger partial charge in [0.25, 0.3) is 0 Å². The van der Waals surface area contributed by atoms with Crippen LogP contribution >= 0.6 is 0 Å². The van der Waals surface area contributed by atoms with Gasteiger partial charge in [0, 0.05) is 34.7 Å². The van der Waals surface area contributed by atoms with Crippen molar-refractivity contribution in [2.24, 2.45) is 5.92 Å². The summed E-state index contributed by atoms with van der Waals surface area (Å²) in [6.45, 7) is 4.19. The summed E-state index contributed by atoms with van der Waals surface area (Å²) in [7, 11) is 1.65. The average molecular weight is 454 g/mol. The van der Waals surface area contributed by atoms with Gasteiger partial charge in [0.15, 0.2) is 0 Å². The molecule has 1 N–H and O–H groups in total. The number of carbonyl (C=O) groups is 1. The van der Waals surface area contributed by atoms with Crippen molar-refractivity contribution in [3.63, 3.8) is 0 Å². The lowest BCUT2D eigenvalue weighted by Gasteiger charge is -2.29. The van der Waals surface area contributed by atoms with Crippen LogP contribution in [-0.4, -0.2) is 19.1 Å². The summed E-state index contributed by atoms with van der Waals surface area (Å²) < 4.78 is 11.6. The smallest absolute Gasteiger partial charge is 0.244 e. The highest BCUT2D eigenvalue weighted by molar-refractivity contribution is 6.01. The van der Waals surface area contributed by atoms with Crippen molar-refractivity contribution in [2.45, 2.75) is 45.6 Å². The zero-order valence-electron chi connectivity index (χ0n) is 20.1. The molecule has 4 heteroatoms. The van der Waals surface area contributed by atoms with Gasteiger partial charge in [-0.15, -0.1) is 0 Å². The van der Waals surface area contributed by atoms with Crippen molar-refractivity contribution in [1.29, 1.82) is 0 Å². The molecule has 0 saturated heterocycles. The molecule has 1 fully saturated rings. The molecule has 174 valence electrons. The third kappa shape index (κ3) is 4.33. The molecule has 34 heavy (non-hydrogen) atoms. The Bertz CT molecular complexity index is 1380. The first-order valence-electron chi connectivity index (χ1n) is 12.1. The van der Waals surface area contributed by atoms with Crippen LogP contribution in [0.15, 0.2) is 71.4 Å². The number of fused-ring (bicyclic) bond motifs is 2. The lowest BCUT2D eigenvalue weighted by Crippen LogP contribution is -2.40. The maximum atomic E-state index is 12.8. The average Bonchev–Trinajstić information content (AvgIpc) is 3.27. The monoisotopic (exact) mass is 453 g/mol. The van der Waals surface area contributed by atoms with Crippen molar-refractivity contribution in [1.82, 2.24) is 5.32 Å². The van der Waals surface area contributed by atoms with Gasteiger partial charge >= 0.3 is 0 Å². The van der Waals surface area contributed by atoms with E-state index >= 15 is 0 Å². The van der Waals surface area contributed by atoms with Crippen molar-refractivity contribution >= 4 is 33.2 Å². The zero-order valence-corrected chi connectivity index (χ0v) is 20.1. The second-order valence-corrected chi connectivity index (χ2v) is 9.46. The summed E-state index contributed by atoms with van der Waals surface area (Å²) in [5.74, 6) is 1.17. The number of hydrogen-bond donors (Lipinski definition) is 1. The topological polar surface area (TPSA) is 51.5 Å². The fourth-order valence-electron chi connectivity index (χ4n) is 5.14. The number of rotatable bonds is 5. The molecule has 4 nitrogen and oxygen atoms in total. The molecule has 1 amide bonds. The standard InChI is InChI=1S/C30H31NO3/c1-19-8-4-7-11-27(19)31-30(32)14-20(2)24-16-25-26(18-34-29(25)17-28(24)33-3)23-13-12-21-9-5-6-10-22(21)15-23/h5-6,9-10,12-19,27H,4,7-8,11H2,1-3H3,(H,31,32)/b20-14+. The molecule has 1 aliphatic carbocycles. The van der Waals surface area contributed by atoms with Crippen LogP contribution in [0.4, 0.5) is 0 Å². The minimum Gasteiger partial charge on any atom is -0.496 e. The minimum atomic E-state index is -0.0413. The SMILES string of the molecule is COc1cc2occ(-c3ccc4ccccc4c3)c2cc1/C(C)=C/C(=O)NC1CCCCC1C. The zero-order chi connectivity index (χ0) is 23.7. The highest BCUT2D eigenvalue weighted by atomic mass is 16.5. The van der Waals surface area contributed by atoms with Crippen molar-refractivity contribution in [3.05, 3.63) is 72.5 Å². The molecule has 0 bridgehead atoms. The summed E-state index contributed by atoms with van der Waals surface area (Å²) in [5.41, 5.74) is 4.64. The number of allylic oxidation sites excluding steroid dienone is 1. The fourth-order valence-corrected chi connectivity index (χ4v) is 5.14. The Hall–Kier alpha value is -3.53. The van der Waals surface area contributed by atoms with E-state index in [0.29, 0.717) is 11.7 Å². The van der Waals surface area contributed by atoms with Gasteiger partial charge in [0.1, 0.15) is 11.3 Å². The van der Waals surface area contributed by atoms with E-state index in [2.05, 4.69) is 54.7 Å². The molecular formula is C30H31NO3. The van der Waals surface area contributed by atoms with E-state index in [4.69, 9.17) is 9.15 Å². The number of furan rings is 1. The van der Waals surface area contributed by atoms with Crippen LogP contribution < -0.4 is 10.1 Å². The number of methoxy groups -OCH3 is 1. The number of amides is 1. The summed E-state index contributed by atoms with van der Waals surface area (Å²) in [5, 5.41) is 6.61. The normalized spacial score (nSPS) is 18.9. The van der Waals surface area contributed by atoms with Gasteiger partial charge in [-0.1, -0.05) is 56.2 Å². The van der Waals surface area contributed by atoms with E-state index in [1.807, 2.05) is 19.1 Å². The van der Waals surface area contributed by atoms with Gasteiger partial charge in [0.2, 0.25) is 5.91 Å². The maximum absolute atomic E-state index is 12.8. The van der Waals surface area contributed by atoms with E-state index in [0.717, 1.165) is 39.7 Å². The number of nitrogens with one attached hydrogen (secondary N) is 1. The first-order chi connectivity index (χ1) is 16.5. The second kappa shape index (κ2) is 9.38. The molecular weight excluding hydrogens is 422 g/mol. The number of carbonyl (C=O) groups excluding carboxylic acids is 1. The van der Waals surface area contributed by atoms with Crippen LogP contribution in [0.2, 0.25) is 0 Å². The fraction of sp³-hybridized carbons (Fsp3) is 0.300. The number of hydrogen-bond acceptors (Lipinski definition) is 3. The van der Waals surface area contributed by atoms with Crippen LogP contribution in [0.3, 0.4) is 0 Å². The van der Waals surface area contributed by atoms with E-state index in [-0.39, 0.29) is 11.9 Å². The Morgan fingerprint density at radius 1 is 1.06 bits per heavy atom. The molecule has 2 unspecified atom stereocenters. The van der Waals surface area contributed by atoms with Gasteiger partial charge in [-0.25, -0.2) is 0 Å². The molecule has 0 aliphatic heterocycles. The third-order valence-electron chi connectivity index (χ3n) is 7.17. The molecule has 3 aromatic carbocycles. The summed E-state index contributed by atoms with van der Waals surface area (Å²) in [4.78, 5) is 12.8. The summed E-state index contributed by atoms with van der Waals surface area (Å²) >= 11 is 0. The van der Waals surface area contributed by atoms with Crippen molar-refractivity contribution in [2.75, 3.05) is 7.11 Å². The van der Waals surface area contributed by atoms with Crippen molar-refractivity contribution in [3.8, 4) is 16.9 Å². The lowest BCUT2D eigenvalue weighted by molar-refractivity contribution is -0.117. The van der Waals surface area contributed by atoms with Crippen LogP contribution in [-0.2, 0) is 4.79 Å². The van der Waals surface area contributed by atoms with Gasteiger partial charge in [0.05, 0.1) is 13.4 Å².